The molecular formula is C23H24N8O2. The molecule has 4 heterocycles. The van der Waals surface area contributed by atoms with E-state index in [9.17, 15) is 10.0 Å². The number of aromatic nitrogens is 5. The molecule has 1 aliphatic rings. The van der Waals surface area contributed by atoms with Crippen molar-refractivity contribution < 1.29 is 9.52 Å². The van der Waals surface area contributed by atoms with Crippen LogP contribution in [0.15, 0.2) is 55.0 Å². The normalized spacial score (nSPS) is 14.5. The number of aryl methyl sites for hydroxylation is 1. The Morgan fingerprint density at radius 1 is 1.06 bits per heavy atom. The number of rotatable bonds is 4. The summed E-state index contributed by atoms with van der Waals surface area (Å²) in [6.07, 6.45) is 4.95. The molecule has 0 saturated carbocycles. The van der Waals surface area contributed by atoms with Crippen LogP contribution in [0.4, 0.5) is 11.6 Å². The first-order valence-corrected chi connectivity index (χ1v) is 10.7. The van der Waals surface area contributed by atoms with Crippen LogP contribution in [0, 0.1) is 5.21 Å². The molecule has 1 saturated heterocycles. The number of carbonyl (C=O) groups is 1. The van der Waals surface area contributed by atoms with Crippen LogP contribution in [0.5, 0.6) is 0 Å². The van der Waals surface area contributed by atoms with Gasteiger partial charge < -0.3 is 10.5 Å². The Morgan fingerprint density at radius 3 is 2.64 bits per heavy atom. The van der Waals surface area contributed by atoms with Gasteiger partial charge in [-0.15, -0.1) is 5.10 Å². The van der Waals surface area contributed by atoms with E-state index in [1.165, 1.54) is 12.3 Å². The number of fused-ring (bicyclic) bond motifs is 1. The summed E-state index contributed by atoms with van der Waals surface area (Å²) in [4.78, 5) is 21.5. The van der Waals surface area contributed by atoms with Crippen molar-refractivity contribution in [2.24, 2.45) is 7.05 Å². The van der Waals surface area contributed by atoms with Crippen molar-refractivity contribution in [3.8, 4) is 11.3 Å². The smallest absolute Gasteiger partial charge is 0.280 e. The quantitative estimate of drug-likeness (QED) is 0.377. The van der Waals surface area contributed by atoms with Gasteiger partial charge in [0.1, 0.15) is 11.5 Å². The van der Waals surface area contributed by atoms with E-state index in [-0.39, 0.29) is 5.91 Å². The zero-order chi connectivity index (χ0) is 22.9. The van der Waals surface area contributed by atoms with Crippen LogP contribution in [0.3, 0.4) is 0 Å². The molecule has 0 bridgehead atoms. The van der Waals surface area contributed by atoms with Crippen LogP contribution in [0.1, 0.15) is 10.4 Å². The predicted octanol–water partition coefficient (Wildman–Crippen LogP) is 1.67. The second-order valence-corrected chi connectivity index (χ2v) is 8.25. The lowest BCUT2D eigenvalue weighted by Crippen LogP contribution is -2.49. The number of likely N-dealkylation sites (N-methyl/N-ethyl adjacent to an activating group) is 1. The standard InChI is InChI=1S/C23H24N8O2/c1-28-7-9-30(10-8-28)22-13-17(5-6-31(22)33)23(32)25-21-12-19-11-16(3-4-18(19)14-24-21)20-15-29(2)27-26-20/h3-6,11-15H,7-10H2,1-2H3,(H,24,25,32). The lowest BCUT2D eigenvalue weighted by Gasteiger charge is -2.29. The number of piperazine rings is 1. The number of benzene rings is 1. The van der Waals surface area contributed by atoms with Gasteiger partial charge in [0, 0.05) is 43.4 Å². The minimum Gasteiger partial charge on any atom is -0.711 e. The molecule has 1 amide bonds. The minimum atomic E-state index is -0.317. The Balaban J connectivity index is 1.38. The van der Waals surface area contributed by atoms with Crippen molar-refractivity contribution in [2.45, 2.75) is 0 Å². The zero-order valence-corrected chi connectivity index (χ0v) is 18.5. The highest BCUT2D eigenvalue weighted by Gasteiger charge is 2.24. The molecule has 1 aromatic carbocycles. The van der Waals surface area contributed by atoms with Gasteiger partial charge >= 0.3 is 0 Å². The number of hydrogen-bond donors (Lipinski definition) is 1. The maximum atomic E-state index is 12.9. The van der Waals surface area contributed by atoms with Gasteiger partial charge in [0.15, 0.2) is 0 Å². The fourth-order valence-electron chi connectivity index (χ4n) is 3.92. The summed E-state index contributed by atoms with van der Waals surface area (Å²) in [5.74, 6) is 0.600. The van der Waals surface area contributed by atoms with E-state index in [2.05, 4.69) is 32.6 Å². The largest absolute Gasteiger partial charge is 0.711 e. The Bertz CT molecular complexity index is 1330. The molecule has 3 aromatic heterocycles. The Morgan fingerprint density at radius 2 is 1.88 bits per heavy atom. The highest BCUT2D eigenvalue weighted by molar-refractivity contribution is 6.04. The number of anilines is 2. The molecule has 168 valence electrons. The lowest BCUT2D eigenvalue weighted by atomic mass is 10.1. The highest BCUT2D eigenvalue weighted by Crippen LogP contribution is 2.24. The fraction of sp³-hybridized carbons (Fsp3) is 0.261. The molecule has 1 aliphatic heterocycles. The molecule has 4 aromatic rings. The molecule has 33 heavy (non-hydrogen) atoms. The van der Waals surface area contributed by atoms with Gasteiger partial charge in [-0.3, -0.25) is 19.3 Å². The molecule has 0 atom stereocenters. The maximum Gasteiger partial charge on any atom is 0.280 e. The van der Waals surface area contributed by atoms with Gasteiger partial charge in [-0.05, 0) is 30.6 Å². The van der Waals surface area contributed by atoms with Crippen LogP contribution < -0.4 is 14.9 Å². The number of hydrogen-bond acceptors (Lipinski definition) is 7. The lowest BCUT2D eigenvalue weighted by molar-refractivity contribution is -0.592. The van der Waals surface area contributed by atoms with Crippen LogP contribution in [0.25, 0.3) is 22.0 Å². The molecule has 0 unspecified atom stereocenters. The van der Waals surface area contributed by atoms with Gasteiger partial charge in [0.25, 0.3) is 11.7 Å². The van der Waals surface area contributed by atoms with E-state index >= 15 is 0 Å². The molecule has 0 radical (unpaired) electrons. The highest BCUT2D eigenvalue weighted by atomic mass is 16.5. The average molecular weight is 444 g/mol. The second kappa shape index (κ2) is 8.47. The topological polar surface area (TPSA) is 106 Å². The molecule has 1 N–H and O–H groups in total. The third-order valence-corrected chi connectivity index (χ3v) is 5.85. The van der Waals surface area contributed by atoms with Crippen molar-refractivity contribution in [3.05, 3.63) is 65.8 Å². The van der Waals surface area contributed by atoms with E-state index < -0.39 is 0 Å². The summed E-state index contributed by atoms with van der Waals surface area (Å²) in [7, 11) is 3.88. The molecule has 10 nitrogen and oxygen atoms in total. The van der Waals surface area contributed by atoms with E-state index in [4.69, 9.17) is 0 Å². The predicted molar refractivity (Wildman–Crippen MR) is 125 cm³/mol. The first-order chi connectivity index (χ1) is 16.0. The van der Waals surface area contributed by atoms with E-state index in [0.717, 1.165) is 52.9 Å². The van der Waals surface area contributed by atoms with Crippen LogP contribution in [0.2, 0.25) is 0 Å². The Labute approximate surface area is 190 Å². The summed E-state index contributed by atoms with van der Waals surface area (Å²) < 4.78 is 2.46. The molecule has 5 rings (SSSR count). The number of pyridine rings is 2. The van der Waals surface area contributed by atoms with Gasteiger partial charge in [-0.25, -0.2) is 9.71 Å². The Hall–Kier alpha value is -4.05. The monoisotopic (exact) mass is 444 g/mol. The molecule has 0 spiro atoms. The number of carbonyl (C=O) groups excluding carboxylic acids is 1. The fourth-order valence-corrected chi connectivity index (χ4v) is 3.92. The third-order valence-electron chi connectivity index (χ3n) is 5.85. The summed E-state index contributed by atoms with van der Waals surface area (Å²) in [5.41, 5.74) is 2.11. The van der Waals surface area contributed by atoms with Crippen LogP contribution in [-0.2, 0) is 7.05 Å². The first-order valence-electron chi connectivity index (χ1n) is 10.7. The third kappa shape index (κ3) is 4.33. The van der Waals surface area contributed by atoms with Gasteiger partial charge in [0.05, 0.1) is 31.0 Å². The Kier molecular flexibility index (Phi) is 5.35. The summed E-state index contributed by atoms with van der Waals surface area (Å²) in [5, 5.41) is 25.2. The van der Waals surface area contributed by atoms with Crippen molar-refractivity contribution in [1.82, 2.24) is 24.9 Å². The molecule has 1 fully saturated rings. The number of amides is 1. The first kappa shape index (κ1) is 20.8. The average Bonchev–Trinajstić information content (AvgIpc) is 3.26. The van der Waals surface area contributed by atoms with Crippen molar-refractivity contribution in [3.63, 3.8) is 0 Å². The maximum absolute atomic E-state index is 12.9. The number of nitrogens with zero attached hydrogens (tertiary/aromatic N) is 7. The summed E-state index contributed by atoms with van der Waals surface area (Å²) in [6.45, 7) is 3.22. The SMILES string of the molecule is CN1CCN(c2cc(C(=O)Nc3cc4cc(-c5cn(C)nn5)ccc4cn3)cc[n+]2[O-])CC1. The van der Waals surface area contributed by atoms with Crippen molar-refractivity contribution >= 4 is 28.3 Å². The summed E-state index contributed by atoms with van der Waals surface area (Å²) in [6, 6.07) is 10.9. The van der Waals surface area contributed by atoms with Crippen molar-refractivity contribution in [2.75, 3.05) is 43.4 Å². The van der Waals surface area contributed by atoms with Crippen LogP contribution >= 0.6 is 0 Å². The molecule has 0 aliphatic carbocycles. The molecule has 10 heteroatoms. The molecular weight excluding hydrogens is 420 g/mol. The number of nitrogens with one attached hydrogen (secondary N) is 1. The zero-order valence-electron chi connectivity index (χ0n) is 18.5. The van der Waals surface area contributed by atoms with Gasteiger partial charge in [-0.2, -0.15) is 0 Å². The minimum absolute atomic E-state index is 0.317. The van der Waals surface area contributed by atoms with Gasteiger partial charge in [0.2, 0.25) is 0 Å². The van der Waals surface area contributed by atoms with Crippen LogP contribution in [-0.4, -0.2) is 64.0 Å². The summed E-state index contributed by atoms with van der Waals surface area (Å²) >= 11 is 0. The van der Waals surface area contributed by atoms with E-state index in [1.54, 1.807) is 16.9 Å². The van der Waals surface area contributed by atoms with E-state index in [0.29, 0.717) is 17.2 Å². The van der Waals surface area contributed by atoms with Crippen molar-refractivity contribution in [1.29, 1.82) is 0 Å². The van der Waals surface area contributed by atoms with E-state index in [1.807, 2.05) is 42.4 Å². The second-order valence-electron chi connectivity index (χ2n) is 8.25. The van der Waals surface area contributed by atoms with Gasteiger partial charge in [-0.1, -0.05) is 17.3 Å².